The van der Waals surface area contributed by atoms with E-state index in [4.69, 9.17) is 0 Å². The van der Waals surface area contributed by atoms with E-state index in [1.807, 2.05) is 6.92 Å². The minimum atomic E-state index is -1.06. The smallest absolute Gasteiger partial charge is 0.135 e. The standard InChI is InChI=1S/C22H37O4.W/c1-14-9-16-13-22(16,5)8-6-7-15(2)18(24)12-20(26)21(3,4)19(25)11-17(23)10-14;/h12,14-16,18-19,24-25H,6-11,13H2,1-5H3;/q-1;/t14?,15-,16?,18+,19-,22?;/m0./s1. The second-order valence-corrected chi connectivity index (χ2v) is 9.97. The maximum atomic E-state index is 12.6. The molecule has 4 nitrogen and oxygen atoms in total. The van der Waals surface area contributed by atoms with E-state index in [0.717, 1.165) is 25.7 Å². The van der Waals surface area contributed by atoms with Gasteiger partial charge in [0.1, 0.15) is 5.78 Å². The van der Waals surface area contributed by atoms with Crippen molar-refractivity contribution in [2.24, 2.45) is 28.6 Å². The van der Waals surface area contributed by atoms with Crippen molar-refractivity contribution in [2.75, 3.05) is 0 Å². The van der Waals surface area contributed by atoms with E-state index in [1.54, 1.807) is 13.8 Å². The molecule has 0 radical (unpaired) electrons. The number of ketones is 2. The Morgan fingerprint density at radius 3 is 2.33 bits per heavy atom. The van der Waals surface area contributed by atoms with Gasteiger partial charge in [0, 0.05) is 45.1 Å². The van der Waals surface area contributed by atoms with Crippen molar-refractivity contribution in [1.82, 2.24) is 0 Å². The van der Waals surface area contributed by atoms with Gasteiger partial charge in [-0.1, -0.05) is 47.5 Å². The van der Waals surface area contributed by atoms with Crippen LogP contribution in [0.25, 0.3) is 0 Å². The zero-order valence-corrected chi connectivity index (χ0v) is 20.5. The summed E-state index contributed by atoms with van der Waals surface area (Å²) in [6.45, 7) is 9.74. The number of aliphatic hydroxyl groups excluding tert-OH is 2. The quantitative estimate of drug-likeness (QED) is 0.452. The number of aliphatic hydroxyl groups is 2. The molecule has 0 saturated heterocycles. The van der Waals surface area contributed by atoms with Crippen molar-refractivity contribution in [2.45, 2.75) is 91.8 Å². The molecular formula is C22H37O4W-. The van der Waals surface area contributed by atoms with Gasteiger partial charge in [0.2, 0.25) is 0 Å². The van der Waals surface area contributed by atoms with E-state index >= 15 is 0 Å². The van der Waals surface area contributed by atoms with Gasteiger partial charge in [0.25, 0.3) is 0 Å². The van der Waals surface area contributed by atoms with Gasteiger partial charge in [-0.2, -0.15) is 0 Å². The van der Waals surface area contributed by atoms with E-state index in [0.29, 0.717) is 23.7 Å². The molecule has 5 heteroatoms. The molecule has 2 rings (SSSR count). The molecule has 27 heavy (non-hydrogen) atoms. The third kappa shape index (κ3) is 6.41. The van der Waals surface area contributed by atoms with Crippen molar-refractivity contribution in [3.8, 4) is 0 Å². The number of Topliss-reactive ketones (excluding diaryl/α,β-unsaturated/α-hetero) is 2. The fourth-order valence-electron chi connectivity index (χ4n) is 4.39. The Bertz CT molecular complexity index is 532. The number of carbonyl (C=O) groups is 2. The van der Waals surface area contributed by atoms with Crippen LogP contribution in [-0.4, -0.2) is 34.0 Å². The predicted molar refractivity (Wildman–Crippen MR) is 102 cm³/mol. The molecule has 2 aliphatic carbocycles. The van der Waals surface area contributed by atoms with E-state index in [2.05, 4.69) is 13.8 Å². The van der Waals surface area contributed by atoms with Crippen LogP contribution in [0, 0.1) is 35.0 Å². The zero-order valence-electron chi connectivity index (χ0n) is 17.5. The topological polar surface area (TPSA) is 74.6 Å². The summed E-state index contributed by atoms with van der Waals surface area (Å²) in [5, 5.41) is 20.9. The van der Waals surface area contributed by atoms with E-state index < -0.39 is 17.6 Å². The summed E-state index contributed by atoms with van der Waals surface area (Å²) < 4.78 is 0. The average Bonchev–Trinajstić information content (AvgIpc) is 3.14. The Morgan fingerprint density at radius 2 is 1.70 bits per heavy atom. The largest absolute Gasteiger partial charge is 0.422 e. The Kier molecular flexibility index (Phi) is 8.79. The maximum absolute atomic E-state index is 12.6. The first kappa shape index (κ1) is 24.9. The van der Waals surface area contributed by atoms with Crippen molar-refractivity contribution in [3.05, 3.63) is 6.42 Å². The Hall–Kier alpha value is -0.182. The van der Waals surface area contributed by atoms with Gasteiger partial charge < -0.3 is 15.0 Å². The van der Waals surface area contributed by atoms with E-state index in [9.17, 15) is 19.8 Å². The van der Waals surface area contributed by atoms with Crippen LogP contribution in [0.1, 0.15) is 79.6 Å². The Labute approximate surface area is 179 Å². The molecule has 0 aromatic rings. The van der Waals surface area contributed by atoms with Gasteiger partial charge in [-0.05, 0) is 48.5 Å². The molecule has 2 saturated carbocycles. The molecular weight excluding hydrogens is 512 g/mol. The molecule has 0 heterocycles. The molecule has 0 aliphatic heterocycles. The van der Waals surface area contributed by atoms with Crippen molar-refractivity contribution in [3.63, 3.8) is 0 Å². The summed E-state index contributed by atoms with van der Waals surface area (Å²) in [6, 6.07) is 0. The SMILES string of the molecule is CC1CC(=O)C[C@H](O)C(C)(C)C(=O)[CH-][C@@H](O)[C@@H](C)CCCC2(C)CC2C1.[W]. The molecule has 0 amide bonds. The predicted octanol–water partition coefficient (Wildman–Crippen LogP) is 3.73. The van der Waals surface area contributed by atoms with Crippen LogP contribution in [0.5, 0.6) is 0 Å². The average molecular weight is 549 g/mol. The fraction of sp³-hybridized carbons (Fsp3) is 0.864. The first-order valence-electron chi connectivity index (χ1n) is 10.2. The van der Waals surface area contributed by atoms with Crippen LogP contribution in [0.4, 0.5) is 0 Å². The van der Waals surface area contributed by atoms with Crippen molar-refractivity contribution in [1.29, 1.82) is 0 Å². The minimum Gasteiger partial charge on any atom is -0.422 e. The summed E-state index contributed by atoms with van der Waals surface area (Å²) in [6.07, 6.45) is 5.36. The number of hydrogen-bond donors (Lipinski definition) is 2. The summed E-state index contributed by atoms with van der Waals surface area (Å²) in [7, 11) is 0. The zero-order chi connectivity index (χ0) is 19.7. The number of hydrogen-bond acceptors (Lipinski definition) is 4. The van der Waals surface area contributed by atoms with Crippen LogP contribution < -0.4 is 0 Å². The summed E-state index contributed by atoms with van der Waals surface area (Å²) in [5.41, 5.74) is -0.689. The molecule has 0 bridgehead atoms. The Balaban J connectivity index is 0.00000364. The monoisotopic (exact) mass is 549 g/mol. The van der Waals surface area contributed by atoms with Gasteiger partial charge in [0.15, 0.2) is 0 Å². The van der Waals surface area contributed by atoms with Crippen molar-refractivity contribution >= 4 is 11.6 Å². The van der Waals surface area contributed by atoms with E-state index in [-0.39, 0.29) is 45.0 Å². The Morgan fingerprint density at radius 1 is 1.07 bits per heavy atom. The molecule has 3 unspecified atom stereocenters. The van der Waals surface area contributed by atoms with Gasteiger partial charge in [-0.25, -0.2) is 0 Å². The summed E-state index contributed by atoms with van der Waals surface area (Å²) in [5.74, 6) is 0.760. The molecule has 0 spiro atoms. The number of fused-ring (bicyclic) bond motifs is 1. The molecule has 2 N–H and O–H groups in total. The van der Waals surface area contributed by atoms with Crippen LogP contribution in [0.15, 0.2) is 0 Å². The van der Waals surface area contributed by atoms with Crippen molar-refractivity contribution < 1.29 is 40.9 Å². The van der Waals surface area contributed by atoms with Crippen LogP contribution in [0.2, 0.25) is 0 Å². The molecule has 0 aromatic carbocycles. The molecule has 2 fully saturated rings. The minimum absolute atomic E-state index is 0. The normalized spacial score (nSPS) is 41.1. The fourth-order valence-corrected chi connectivity index (χ4v) is 4.39. The summed E-state index contributed by atoms with van der Waals surface area (Å²) in [4.78, 5) is 25.0. The number of rotatable bonds is 0. The van der Waals surface area contributed by atoms with E-state index in [1.165, 1.54) is 12.8 Å². The van der Waals surface area contributed by atoms with Crippen LogP contribution in [-0.2, 0) is 30.7 Å². The molecule has 6 atom stereocenters. The molecule has 2 aliphatic rings. The van der Waals surface area contributed by atoms with Gasteiger partial charge in [0.05, 0.1) is 6.10 Å². The van der Waals surface area contributed by atoms with Crippen LogP contribution in [0.3, 0.4) is 0 Å². The first-order valence-corrected chi connectivity index (χ1v) is 10.2. The second-order valence-electron chi connectivity index (χ2n) is 9.97. The third-order valence-electron chi connectivity index (χ3n) is 7.00. The van der Waals surface area contributed by atoms with Gasteiger partial charge in [-0.15, -0.1) is 0 Å². The maximum Gasteiger partial charge on any atom is 0.135 e. The number of carbonyl (C=O) groups excluding carboxylic acids is 2. The second kappa shape index (κ2) is 9.54. The van der Waals surface area contributed by atoms with Gasteiger partial charge in [-0.3, -0.25) is 11.2 Å². The molecule has 156 valence electrons. The van der Waals surface area contributed by atoms with Gasteiger partial charge >= 0.3 is 0 Å². The third-order valence-corrected chi connectivity index (χ3v) is 7.00. The molecule has 0 aromatic heterocycles. The first-order chi connectivity index (χ1) is 12.0. The summed E-state index contributed by atoms with van der Waals surface area (Å²) >= 11 is 0. The van der Waals surface area contributed by atoms with Crippen LogP contribution >= 0.6 is 0 Å².